The summed E-state index contributed by atoms with van der Waals surface area (Å²) in [4.78, 5) is 11.1. The third kappa shape index (κ3) is 5.03. The molecule has 0 aliphatic heterocycles. The van der Waals surface area contributed by atoms with Crippen LogP contribution < -0.4 is 10.6 Å². The first-order valence-electron chi connectivity index (χ1n) is 7.28. The molecule has 0 saturated heterocycles. The second-order valence-corrected chi connectivity index (χ2v) is 5.45. The molecule has 1 fully saturated rings. The topological polar surface area (TPSA) is 41.1 Å². The summed E-state index contributed by atoms with van der Waals surface area (Å²) in [5, 5.41) is 6.66. The van der Waals surface area contributed by atoms with E-state index >= 15 is 0 Å². The highest BCUT2D eigenvalue weighted by atomic mass is 16.1. The van der Waals surface area contributed by atoms with E-state index in [-0.39, 0.29) is 5.91 Å². The lowest BCUT2D eigenvalue weighted by Crippen LogP contribution is -2.43. The van der Waals surface area contributed by atoms with Gasteiger partial charge in [-0.2, -0.15) is 0 Å². The number of carbonyl (C=O) groups is 1. The molecule has 104 valence electrons. The van der Waals surface area contributed by atoms with Gasteiger partial charge in [0.1, 0.15) is 0 Å². The van der Waals surface area contributed by atoms with Gasteiger partial charge in [0, 0.05) is 19.0 Å². The van der Waals surface area contributed by atoms with E-state index in [2.05, 4.69) is 41.0 Å². The summed E-state index contributed by atoms with van der Waals surface area (Å²) in [5.41, 5.74) is 1.38. The lowest BCUT2D eigenvalue weighted by Gasteiger charge is -2.30. The van der Waals surface area contributed by atoms with Crippen LogP contribution in [-0.2, 0) is 11.2 Å². The van der Waals surface area contributed by atoms with Crippen LogP contribution in [0.15, 0.2) is 30.3 Å². The predicted molar refractivity (Wildman–Crippen MR) is 78.0 cm³/mol. The van der Waals surface area contributed by atoms with Gasteiger partial charge in [-0.3, -0.25) is 4.79 Å². The maximum Gasteiger partial charge on any atom is 0.217 e. The van der Waals surface area contributed by atoms with Crippen LogP contribution in [-0.4, -0.2) is 24.5 Å². The summed E-state index contributed by atoms with van der Waals surface area (Å²) >= 11 is 0. The highest BCUT2D eigenvalue weighted by Crippen LogP contribution is 2.18. The Bertz CT molecular complexity index is 391. The van der Waals surface area contributed by atoms with Gasteiger partial charge in [0.05, 0.1) is 0 Å². The van der Waals surface area contributed by atoms with Gasteiger partial charge in [-0.05, 0) is 44.2 Å². The highest BCUT2D eigenvalue weighted by Gasteiger charge is 2.21. The summed E-state index contributed by atoms with van der Waals surface area (Å²) in [7, 11) is 0. The zero-order valence-corrected chi connectivity index (χ0v) is 11.7. The van der Waals surface area contributed by atoms with Crippen LogP contribution in [0.3, 0.4) is 0 Å². The molecule has 1 aromatic carbocycles. The van der Waals surface area contributed by atoms with Crippen molar-refractivity contribution in [3.63, 3.8) is 0 Å². The molecule has 2 rings (SSSR count). The number of hydrogen-bond donors (Lipinski definition) is 2. The van der Waals surface area contributed by atoms with Crippen molar-refractivity contribution in [1.82, 2.24) is 10.6 Å². The molecule has 1 amide bonds. The molecule has 1 aliphatic rings. The number of benzene rings is 1. The number of hydrogen-bond acceptors (Lipinski definition) is 2. The summed E-state index contributed by atoms with van der Waals surface area (Å²) in [5.74, 6) is 0.0925. The summed E-state index contributed by atoms with van der Waals surface area (Å²) < 4.78 is 0. The summed E-state index contributed by atoms with van der Waals surface area (Å²) in [6, 6.07) is 11.5. The molecule has 0 spiro atoms. The Morgan fingerprint density at radius 1 is 1.21 bits per heavy atom. The Kier molecular flexibility index (Phi) is 5.40. The van der Waals surface area contributed by atoms with Crippen LogP contribution in [0.1, 0.15) is 38.2 Å². The van der Waals surface area contributed by atoms with Gasteiger partial charge in [-0.1, -0.05) is 30.3 Å². The van der Waals surface area contributed by atoms with Gasteiger partial charge < -0.3 is 10.6 Å². The van der Waals surface area contributed by atoms with E-state index in [1.807, 2.05) is 0 Å². The average Bonchev–Trinajstić information content (AvgIpc) is 2.40. The standard InChI is InChI=1S/C16H24N2O/c1-13(19)18-16-9-5-8-15(12-16)17-11-10-14-6-3-2-4-7-14/h2-4,6-7,15-17H,5,8-12H2,1H3,(H,18,19)/t15-,16+/m0/s1. The lowest BCUT2D eigenvalue weighted by molar-refractivity contribution is -0.119. The van der Waals surface area contributed by atoms with Crippen LogP contribution in [0.4, 0.5) is 0 Å². The first-order valence-corrected chi connectivity index (χ1v) is 7.28. The van der Waals surface area contributed by atoms with Crippen LogP contribution >= 0.6 is 0 Å². The van der Waals surface area contributed by atoms with Crippen molar-refractivity contribution >= 4 is 5.91 Å². The van der Waals surface area contributed by atoms with Gasteiger partial charge in [-0.15, -0.1) is 0 Å². The van der Waals surface area contributed by atoms with E-state index in [9.17, 15) is 4.79 Å². The fourth-order valence-electron chi connectivity index (χ4n) is 2.86. The second-order valence-electron chi connectivity index (χ2n) is 5.45. The molecule has 19 heavy (non-hydrogen) atoms. The fraction of sp³-hybridized carbons (Fsp3) is 0.562. The molecule has 0 aromatic heterocycles. The Morgan fingerprint density at radius 3 is 2.68 bits per heavy atom. The van der Waals surface area contributed by atoms with Crippen LogP contribution in [0, 0.1) is 0 Å². The number of carbonyl (C=O) groups excluding carboxylic acids is 1. The molecular formula is C16H24N2O. The fourth-order valence-corrected chi connectivity index (χ4v) is 2.86. The predicted octanol–water partition coefficient (Wildman–Crippen LogP) is 2.27. The summed E-state index contributed by atoms with van der Waals surface area (Å²) in [6.07, 6.45) is 5.69. The molecule has 3 nitrogen and oxygen atoms in total. The third-order valence-corrected chi connectivity index (χ3v) is 3.77. The average molecular weight is 260 g/mol. The molecule has 1 aliphatic carbocycles. The second kappa shape index (κ2) is 7.29. The quantitative estimate of drug-likeness (QED) is 0.852. The van der Waals surface area contributed by atoms with Gasteiger partial charge in [0.2, 0.25) is 5.91 Å². The first-order chi connectivity index (χ1) is 9.24. The van der Waals surface area contributed by atoms with E-state index in [1.165, 1.54) is 18.4 Å². The molecular weight excluding hydrogens is 236 g/mol. The Balaban J connectivity index is 1.69. The van der Waals surface area contributed by atoms with E-state index < -0.39 is 0 Å². The Labute approximate surface area is 115 Å². The number of rotatable bonds is 5. The van der Waals surface area contributed by atoms with Crippen LogP contribution in [0.2, 0.25) is 0 Å². The molecule has 0 unspecified atom stereocenters. The number of nitrogens with one attached hydrogen (secondary N) is 2. The SMILES string of the molecule is CC(=O)N[C@@H]1CCC[C@H](NCCc2ccccc2)C1. The number of amides is 1. The highest BCUT2D eigenvalue weighted by molar-refractivity contribution is 5.73. The molecule has 1 aromatic rings. The van der Waals surface area contributed by atoms with Crippen molar-refractivity contribution < 1.29 is 4.79 Å². The van der Waals surface area contributed by atoms with E-state index in [4.69, 9.17) is 0 Å². The van der Waals surface area contributed by atoms with Crippen LogP contribution in [0.25, 0.3) is 0 Å². The Hall–Kier alpha value is -1.35. The maximum atomic E-state index is 11.1. The van der Waals surface area contributed by atoms with Crippen molar-refractivity contribution in [2.75, 3.05) is 6.54 Å². The van der Waals surface area contributed by atoms with E-state index in [1.54, 1.807) is 6.92 Å². The van der Waals surface area contributed by atoms with Crippen molar-refractivity contribution in [2.24, 2.45) is 0 Å². The molecule has 1 saturated carbocycles. The molecule has 0 heterocycles. The van der Waals surface area contributed by atoms with Crippen LogP contribution in [0.5, 0.6) is 0 Å². The van der Waals surface area contributed by atoms with Gasteiger partial charge >= 0.3 is 0 Å². The van der Waals surface area contributed by atoms with E-state index in [0.717, 1.165) is 25.8 Å². The van der Waals surface area contributed by atoms with E-state index in [0.29, 0.717) is 12.1 Å². The lowest BCUT2D eigenvalue weighted by atomic mass is 9.91. The molecule has 0 radical (unpaired) electrons. The largest absolute Gasteiger partial charge is 0.354 e. The van der Waals surface area contributed by atoms with Crippen molar-refractivity contribution in [1.29, 1.82) is 0 Å². The van der Waals surface area contributed by atoms with Gasteiger partial charge in [-0.25, -0.2) is 0 Å². The zero-order valence-electron chi connectivity index (χ0n) is 11.7. The minimum atomic E-state index is 0.0925. The molecule has 3 heteroatoms. The molecule has 0 bridgehead atoms. The molecule has 2 N–H and O–H groups in total. The maximum absolute atomic E-state index is 11.1. The minimum absolute atomic E-state index is 0.0925. The third-order valence-electron chi connectivity index (χ3n) is 3.77. The van der Waals surface area contributed by atoms with Crippen molar-refractivity contribution in [3.8, 4) is 0 Å². The normalized spacial score (nSPS) is 23.0. The first kappa shape index (κ1) is 14.1. The van der Waals surface area contributed by atoms with Gasteiger partial charge in [0.15, 0.2) is 0 Å². The molecule has 2 atom stereocenters. The minimum Gasteiger partial charge on any atom is -0.354 e. The Morgan fingerprint density at radius 2 is 1.95 bits per heavy atom. The smallest absolute Gasteiger partial charge is 0.217 e. The zero-order chi connectivity index (χ0) is 13.5. The van der Waals surface area contributed by atoms with Crippen molar-refractivity contribution in [3.05, 3.63) is 35.9 Å². The monoisotopic (exact) mass is 260 g/mol. The van der Waals surface area contributed by atoms with Crippen molar-refractivity contribution in [2.45, 2.75) is 51.1 Å². The summed E-state index contributed by atoms with van der Waals surface area (Å²) in [6.45, 7) is 2.62. The van der Waals surface area contributed by atoms with Gasteiger partial charge in [0.25, 0.3) is 0 Å².